The van der Waals surface area contributed by atoms with Crippen LogP contribution in [0.5, 0.6) is 5.75 Å². The molecule has 0 atom stereocenters. The molecule has 0 unspecified atom stereocenters. The van der Waals surface area contributed by atoms with Gasteiger partial charge in [-0.3, -0.25) is 4.57 Å². The highest BCUT2D eigenvalue weighted by Gasteiger charge is 2.12. The van der Waals surface area contributed by atoms with Gasteiger partial charge in [-0.25, -0.2) is 14.2 Å². The first-order valence-electron chi connectivity index (χ1n) is 6.14. The molecule has 0 aliphatic heterocycles. The van der Waals surface area contributed by atoms with Gasteiger partial charge in [0.1, 0.15) is 17.9 Å². The van der Waals surface area contributed by atoms with Crippen molar-refractivity contribution in [1.82, 2.24) is 9.55 Å². The normalized spacial score (nSPS) is 10.8. The highest BCUT2D eigenvalue weighted by Crippen LogP contribution is 2.27. The van der Waals surface area contributed by atoms with E-state index in [1.54, 1.807) is 23.0 Å². The number of aromatic nitrogens is 2. The minimum atomic E-state index is -1.01. The molecule has 0 radical (unpaired) electrons. The number of ether oxygens (including phenoxy) is 1. The number of aromatic carboxylic acids is 1. The van der Waals surface area contributed by atoms with Crippen LogP contribution in [-0.4, -0.2) is 27.7 Å². The van der Waals surface area contributed by atoms with E-state index < -0.39 is 11.8 Å². The highest BCUT2D eigenvalue weighted by atomic mass is 19.1. The van der Waals surface area contributed by atoms with E-state index in [-0.39, 0.29) is 5.56 Å². The van der Waals surface area contributed by atoms with E-state index in [1.165, 1.54) is 31.4 Å². The van der Waals surface area contributed by atoms with Crippen molar-refractivity contribution in [3.8, 4) is 11.4 Å². The molecule has 106 valence electrons. The molecule has 0 saturated heterocycles. The number of rotatable bonds is 3. The number of hydrogen-bond acceptors (Lipinski definition) is 3. The summed E-state index contributed by atoms with van der Waals surface area (Å²) < 4.78 is 20.2. The topological polar surface area (TPSA) is 64.4 Å². The van der Waals surface area contributed by atoms with Gasteiger partial charge in [0, 0.05) is 6.07 Å². The lowest BCUT2D eigenvalue weighted by Gasteiger charge is -2.10. The Morgan fingerprint density at radius 2 is 2.10 bits per heavy atom. The van der Waals surface area contributed by atoms with Crippen molar-refractivity contribution in [3.05, 3.63) is 54.1 Å². The summed E-state index contributed by atoms with van der Waals surface area (Å²) in [6.07, 6.45) is 1.55. The molecule has 1 heterocycles. The molecule has 1 aromatic heterocycles. The van der Waals surface area contributed by atoms with Gasteiger partial charge in [0.15, 0.2) is 0 Å². The first-order valence-corrected chi connectivity index (χ1v) is 6.14. The summed E-state index contributed by atoms with van der Waals surface area (Å²) in [5.74, 6) is -1.03. The van der Waals surface area contributed by atoms with Gasteiger partial charge in [-0.15, -0.1) is 0 Å². The van der Waals surface area contributed by atoms with Crippen LogP contribution in [0.3, 0.4) is 0 Å². The molecular weight excluding hydrogens is 275 g/mol. The lowest BCUT2D eigenvalue weighted by atomic mass is 10.2. The predicted octanol–water partition coefficient (Wildman–Crippen LogP) is 2.87. The number of carboxylic acids is 1. The molecule has 3 aromatic rings. The Morgan fingerprint density at radius 3 is 2.81 bits per heavy atom. The number of hydrogen-bond donors (Lipinski definition) is 1. The average Bonchev–Trinajstić information content (AvgIpc) is 2.89. The van der Waals surface area contributed by atoms with Gasteiger partial charge in [-0.1, -0.05) is 0 Å². The van der Waals surface area contributed by atoms with Crippen LogP contribution in [0.4, 0.5) is 4.39 Å². The Hall–Kier alpha value is -2.89. The van der Waals surface area contributed by atoms with Crippen LogP contribution in [0.1, 0.15) is 10.4 Å². The zero-order chi connectivity index (χ0) is 15.0. The smallest absolute Gasteiger partial charge is 0.335 e. The Kier molecular flexibility index (Phi) is 3.06. The fraction of sp³-hybridized carbons (Fsp3) is 0.0667. The lowest BCUT2D eigenvalue weighted by molar-refractivity contribution is 0.0697. The summed E-state index contributed by atoms with van der Waals surface area (Å²) in [6, 6.07) is 8.85. The monoisotopic (exact) mass is 286 g/mol. The van der Waals surface area contributed by atoms with Crippen LogP contribution >= 0.6 is 0 Å². The van der Waals surface area contributed by atoms with Crippen LogP contribution in [0.25, 0.3) is 16.7 Å². The minimum absolute atomic E-state index is 0.166. The zero-order valence-corrected chi connectivity index (χ0v) is 11.1. The SMILES string of the molecule is COc1cc(F)ccc1-n1cnc2cc(C(=O)O)ccc21. The molecule has 5 nitrogen and oxygen atoms in total. The standard InChI is InChI=1S/C15H11FN2O3/c1-21-14-7-10(16)3-5-13(14)18-8-17-11-6-9(15(19)20)2-4-12(11)18/h2-8H,1H3,(H,19,20). The number of nitrogens with zero attached hydrogens (tertiary/aromatic N) is 2. The van der Waals surface area contributed by atoms with Crippen molar-refractivity contribution in [1.29, 1.82) is 0 Å². The van der Waals surface area contributed by atoms with Crippen molar-refractivity contribution >= 4 is 17.0 Å². The fourth-order valence-electron chi connectivity index (χ4n) is 2.19. The number of imidazole rings is 1. The molecule has 1 N–H and O–H groups in total. The molecule has 21 heavy (non-hydrogen) atoms. The van der Waals surface area contributed by atoms with Gasteiger partial charge < -0.3 is 9.84 Å². The third kappa shape index (κ3) is 2.20. The first-order chi connectivity index (χ1) is 10.1. The van der Waals surface area contributed by atoms with Crippen LogP contribution < -0.4 is 4.74 Å². The van der Waals surface area contributed by atoms with E-state index in [0.717, 1.165) is 0 Å². The second kappa shape index (κ2) is 4.90. The summed E-state index contributed by atoms with van der Waals surface area (Å²) in [5, 5.41) is 8.98. The average molecular weight is 286 g/mol. The number of fused-ring (bicyclic) bond motifs is 1. The second-order valence-electron chi connectivity index (χ2n) is 4.44. The summed E-state index contributed by atoms with van der Waals surface area (Å²) in [4.78, 5) is 15.1. The van der Waals surface area contributed by atoms with E-state index in [2.05, 4.69) is 4.98 Å². The summed E-state index contributed by atoms with van der Waals surface area (Å²) >= 11 is 0. The van der Waals surface area contributed by atoms with Gasteiger partial charge in [-0.05, 0) is 30.3 Å². The number of benzene rings is 2. The lowest BCUT2D eigenvalue weighted by Crippen LogP contribution is -1.98. The highest BCUT2D eigenvalue weighted by molar-refractivity contribution is 5.92. The molecule has 6 heteroatoms. The van der Waals surface area contributed by atoms with Gasteiger partial charge >= 0.3 is 5.97 Å². The maximum atomic E-state index is 13.3. The molecule has 2 aromatic carbocycles. The molecule has 0 aliphatic carbocycles. The van der Waals surface area contributed by atoms with Crippen molar-refractivity contribution < 1.29 is 19.0 Å². The third-order valence-electron chi connectivity index (χ3n) is 3.20. The molecule has 0 aliphatic rings. The van der Waals surface area contributed by atoms with E-state index in [1.807, 2.05) is 0 Å². The zero-order valence-electron chi connectivity index (χ0n) is 11.1. The number of methoxy groups -OCH3 is 1. The van der Waals surface area contributed by atoms with E-state index in [4.69, 9.17) is 9.84 Å². The molecule has 0 fully saturated rings. The Bertz CT molecular complexity index is 842. The second-order valence-corrected chi connectivity index (χ2v) is 4.44. The van der Waals surface area contributed by atoms with Crippen LogP contribution in [0.2, 0.25) is 0 Å². The van der Waals surface area contributed by atoms with Crippen LogP contribution in [0.15, 0.2) is 42.7 Å². The Morgan fingerprint density at radius 1 is 1.29 bits per heavy atom. The van der Waals surface area contributed by atoms with Gasteiger partial charge in [0.2, 0.25) is 0 Å². The Labute approximate surface area is 119 Å². The maximum Gasteiger partial charge on any atom is 0.335 e. The molecular formula is C15H11FN2O3. The van der Waals surface area contributed by atoms with Crippen molar-refractivity contribution in [2.24, 2.45) is 0 Å². The van der Waals surface area contributed by atoms with E-state index >= 15 is 0 Å². The number of carboxylic acid groups (broad SMARTS) is 1. The van der Waals surface area contributed by atoms with Crippen molar-refractivity contribution in [3.63, 3.8) is 0 Å². The molecule has 0 bridgehead atoms. The summed E-state index contributed by atoms with van der Waals surface area (Å²) in [5.41, 5.74) is 2.05. The largest absolute Gasteiger partial charge is 0.494 e. The van der Waals surface area contributed by atoms with Gasteiger partial charge in [0.05, 0.1) is 29.4 Å². The van der Waals surface area contributed by atoms with Gasteiger partial charge in [-0.2, -0.15) is 0 Å². The summed E-state index contributed by atoms with van der Waals surface area (Å²) in [7, 11) is 1.46. The first kappa shape index (κ1) is 13.1. The van der Waals surface area contributed by atoms with Crippen LogP contribution in [-0.2, 0) is 0 Å². The van der Waals surface area contributed by atoms with E-state index in [9.17, 15) is 9.18 Å². The molecule has 0 saturated carbocycles. The summed E-state index contributed by atoms with van der Waals surface area (Å²) in [6.45, 7) is 0. The van der Waals surface area contributed by atoms with Crippen molar-refractivity contribution in [2.75, 3.05) is 7.11 Å². The molecule has 3 rings (SSSR count). The van der Waals surface area contributed by atoms with Gasteiger partial charge in [0.25, 0.3) is 0 Å². The molecule has 0 amide bonds. The third-order valence-corrected chi connectivity index (χ3v) is 3.20. The number of carbonyl (C=O) groups is 1. The van der Waals surface area contributed by atoms with Crippen LogP contribution in [0, 0.1) is 5.82 Å². The maximum absolute atomic E-state index is 13.3. The minimum Gasteiger partial charge on any atom is -0.494 e. The molecule has 0 spiro atoms. The van der Waals surface area contributed by atoms with E-state index in [0.29, 0.717) is 22.5 Å². The quantitative estimate of drug-likeness (QED) is 0.804. The predicted molar refractivity (Wildman–Crippen MR) is 74.5 cm³/mol. The number of halogens is 1. The fourth-order valence-corrected chi connectivity index (χ4v) is 2.19. The van der Waals surface area contributed by atoms with Crippen molar-refractivity contribution in [2.45, 2.75) is 0 Å². The Balaban J connectivity index is 2.20.